The summed E-state index contributed by atoms with van der Waals surface area (Å²) in [7, 11) is 0. The molecule has 1 aromatic rings. The van der Waals surface area contributed by atoms with Gasteiger partial charge < -0.3 is 20.1 Å². The predicted octanol–water partition coefficient (Wildman–Crippen LogP) is 1.87. The summed E-state index contributed by atoms with van der Waals surface area (Å²) in [6.07, 6.45) is 0.487. The summed E-state index contributed by atoms with van der Waals surface area (Å²) in [5.41, 5.74) is 0.432. The number of amides is 2. The third-order valence-electron chi connectivity index (χ3n) is 2.79. The van der Waals surface area contributed by atoms with E-state index in [0.717, 1.165) is 6.42 Å². The van der Waals surface area contributed by atoms with Gasteiger partial charge in [0.15, 0.2) is 0 Å². The minimum atomic E-state index is -0.785. The molecule has 0 fully saturated rings. The molecule has 0 radical (unpaired) electrons. The zero-order chi connectivity index (χ0) is 17.1. The van der Waals surface area contributed by atoms with Gasteiger partial charge in [-0.25, -0.2) is 4.79 Å². The second-order valence-corrected chi connectivity index (χ2v) is 4.67. The van der Waals surface area contributed by atoms with Gasteiger partial charge in [-0.3, -0.25) is 9.59 Å². The van der Waals surface area contributed by atoms with Crippen LogP contribution in [0.5, 0.6) is 5.75 Å². The molecular formula is C16H22N2O5. The highest BCUT2D eigenvalue weighted by atomic mass is 16.7. The molecule has 2 amide bonds. The van der Waals surface area contributed by atoms with Gasteiger partial charge >= 0.3 is 6.16 Å². The van der Waals surface area contributed by atoms with Crippen molar-refractivity contribution in [3.8, 4) is 5.75 Å². The molecule has 23 heavy (non-hydrogen) atoms. The summed E-state index contributed by atoms with van der Waals surface area (Å²) in [5, 5.41) is 5.40. The standard InChI is InChI=1S/C16H22N2O5/c1-3-5-14(19)17-10-11-18-15(20)12-6-8-13(9-7-12)23-16(21)22-4-2/h6-9H,3-5,10-11H2,1-2H3,(H,17,19)(H,18,20). The van der Waals surface area contributed by atoms with E-state index in [2.05, 4.69) is 15.4 Å². The summed E-state index contributed by atoms with van der Waals surface area (Å²) in [5.74, 6) is 0.00599. The maximum absolute atomic E-state index is 11.9. The molecule has 0 atom stereocenters. The molecule has 1 aromatic carbocycles. The van der Waals surface area contributed by atoms with E-state index in [1.54, 1.807) is 19.1 Å². The van der Waals surface area contributed by atoms with Crippen molar-refractivity contribution in [3.63, 3.8) is 0 Å². The third-order valence-corrected chi connectivity index (χ3v) is 2.79. The Morgan fingerprint density at radius 2 is 1.65 bits per heavy atom. The number of hydrogen-bond donors (Lipinski definition) is 2. The zero-order valence-electron chi connectivity index (χ0n) is 13.4. The Kier molecular flexibility index (Phi) is 8.20. The Morgan fingerprint density at radius 1 is 1.00 bits per heavy atom. The molecule has 0 aliphatic heterocycles. The van der Waals surface area contributed by atoms with Crippen LogP contribution in [0.25, 0.3) is 0 Å². The normalized spacial score (nSPS) is 9.83. The van der Waals surface area contributed by atoms with Gasteiger partial charge in [0.2, 0.25) is 5.91 Å². The minimum absolute atomic E-state index is 0.0257. The Labute approximate surface area is 135 Å². The molecule has 0 spiro atoms. The predicted molar refractivity (Wildman–Crippen MR) is 84.3 cm³/mol. The number of ether oxygens (including phenoxy) is 2. The molecule has 0 aliphatic carbocycles. The average Bonchev–Trinajstić information content (AvgIpc) is 2.52. The van der Waals surface area contributed by atoms with E-state index < -0.39 is 6.16 Å². The van der Waals surface area contributed by atoms with Crippen LogP contribution in [0.15, 0.2) is 24.3 Å². The maximum atomic E-state index is 11.9. The number of rotatable bonds is 8. The minimum Gasteiger partial charge on any atom is -0.434 e. The highest BCUT2D eigenvalue weighted by Gasteiger charge is 2.08. The van der Waals surface area contributed by atoms with Crippen LogP contribution in [0.1, 0.15) is 37.0 Å². The van der Waals surface area contributed by atoms with Crippen molar-refractivity contribution in [1.29, 1.82) is 0 Å². The number of nitrogens with one attached hydrogen (secondary N) is 2. The molecule has 1 rings (SSSR count). The van der Waals surface area contributed by atoms with Crippen LogP contribution >= 0.6 is 0 Å². The fraction of sp³-hybridized carbons (Fsp3) is 0.438. The fourth-order valence-electron chi connectivity index (χ4n) is 1.71. The van der Waals surface area contributed by atoms with Crippen molar-refractivity contribution in [2.75, 3.05) is 19.7 Å². The van der Waals surface area contributed by atoms with Gasteiger partial charge in [0.1, 0.15) is 5.75 Å². The van der Waals surface area contributed by atoms with E-state index >= 15 is 0 Å². The lowest BCUT2D eigenvalue weighted by molar-refractivity contribution is -0.121. The quantitative estimate of drug-likeness (QED) is 0.433. The Balaban J connectivity index is 2.36. The van der Waals surface area contributed by atoms with Crippen LogP contribution in [0, 0.1) is 0 Å². The molecule has 0 aliphatic rings. The largest absolute Gasteiger partial charge is 0.513 e. The van der Waals surface area contributed by atoms with Crippen molar-refractivity contribution in [2.45, 2.75) is 26.7 Å². The monoisotopic (exact) mass is 322 g/mol. The smallest absolute Gasteiger partial charge is 0.434 e. The van der Waals surface area contributed by atoms with Gasteiger partial charge in [-0.1, -0.05) is 6.92 Å². The van der Waals surface area contributed by atoms with Crippen LogP contribution < -0.4 is 15.4 Å². The fourth-order valence-corrected chi connectivity index (χ4v) is 1.71. The second kappa shape index (κ2) is 10.2. The molecular weight excluding hydrogens is 300 g/mol. The molecule has 0 aromatic heterocycles. The maximum Gasteiger partial charge on any atom is 0.513 e. The van der Waals surface area contributed by atoms with E-state index in [4.69, 9.17) is 4.74 Å². The van der Waals surface area contributed by atoms with Crippen molar-refractivity contribution in [3.05, 3.63) is 29.8 Å². The van der Waals surface area contributed by atoms with Gasteiger partial charge in [0.05, 0.1) is 6.61 Å². The van der Waals surface area contributed by atoms with Gasteiger partial charge in [-0.2, -0.15) is 0 Å². The number of carbonyl (C=O) groups excluding carboxylic acids is 3. The highest BCUT2D eigenvalue weighted by molar-refractivity contribution is 5.94. The van der Waals surface area contributed by atoms with Gasteiger partial charge in [0.25, 0.3) is 5.91 Å². The SMILES string of the molecule is CCCC(=O)NCCNC(=O)c1ccc(OC(=O)OCC)cc1. The third kappa shape index (κ3) is 7.30. The van der Waals surface area contributed by atoms with Gasteiger partial charge in [-0.15, -0.1) is 0 Å². The van der Waals surface area contributed by atoms with Crippen molar-refractivity contribution in [1.82, 2.24) is 10.6 Å². The first-order chi connectivity index (χ1) is 11.1. The van der Waals surface area contributed by atoms with E-state index in [9.17, 15) is 14.4 Å². The molecule has 7 heteroatoms. The highest BCUT2D eigenvalue weighted by Crippen LogP contribution is 2.12. The summed E-state index contributed by atoms with van der Waals surface area (Å²) >= 11 is 0. The molecule has 126 valence electrons. The second-order valence-electron chi connectivity index (χ2n) is 4.67. The van der Waals surface area contributed by atoms with Gasteiger partial charge in [-0.05, 0) is 37.6 Å². The summed E-state index contributed by atoms with van der Waals surface area (Å²) < 4.78 is 9.55. The summed E-state index contributed by atoms with van der Waals surface area (Å²) in [6.45, 7) is 4.56. The van der Waals surface area contributed by atoms with Crippen LogP contribution in [0.3, 0.4) is 0 Å². The van der Waals surface area contributed by atoms with Crippen LogP contribution in [-0.4, -0.2) is 37.7 Å². The molecule has 0 unspecified atom stereocenters. The molecule has 0 bridgehead atoms. The topological polar surface area (TPSA) is 93.7 Å². The Hall–Kier alpha value is -2.57. The molecule has 0 saturated carbocycles. The molecule has 0 heterocycles. The number of carbonyl (C=O) groups is 3. The van der Waals surface area contributed by atoms with Crippen LogP contribution in [0.4, 0.5) is 4.79 Å². The van der Waals surface area contributed by atoms with E-state index in [1.807, 2.05) is 6.92 Å². The van der Waals surface area contributed by atoms with E-state index in [1.165, 1.54) is 12.1 Å². The van der Waals surface area contributed by atoms with Crippen molar-refractivity contribution >= 4 is 18.0 Å². The first-order valence-corrected chi connectivity index (χ1v) is 7.56. The first-order valence-electron chi connectivity index (χ1n) is 7.56. The average molecular weight is 322 g/mol. The zero-order valence-corrected chi connectivity index (χ0v) is 13.4. The van der Waals surface area contributed by atoms with Crippen molar-refractivity contribution < 1.29 is 23.9 Å². The number of hydrogen-bond acceptors (Lipinski definition) is 5. The van der Waals surface area contributed by atoms with E-state index in [-0.39, 0.29) is 18.4 Å². The van der Waals surface area contributed by atoms with Crippen molar-refractivity contribution in [2.24, 2.45) is 0 Å². The lowest BCUT2D eigenvalue weighted by atomic mass is 10.2. The van der Waals surface area contributed by atoms with Gasteiger partial charge in [0, 0.05) is 25.1 Å². The molecule has 0 saturated heterocycles. The van der Waals surface area contributed by atoms with E-state index in [0.29, 0.717) is 30.8 Å². The summed E-state index contributed by atoms with van der Waals surface area (Å²) in [4.78, 5) is 34.3. The number of benzene rings is 1. The molecule has 7 nitrogen and oxygen atoms in total. The van der Waals surface area contributed by atoms with Crippen LogP contribution in [-0.2, 0) is 9.53 Å². The summed E-state index contributed by atoms with van der Waals surface area (Å²) in [6, 6.07) is 6.10. The first kappa shape index (κ1) is 18.5. The molecule has 2 N–H and O–H groups in total. The Morgan fingerprint density at radius 3 is 2.26 bits per heavy atom. The lowest BCUT2D eigenvalue weighted by Crippen LogP contribution is -2.34. The Bertz CT molecular complexity index is 528. The van der Waals surface area contributed by atoms with Crippen LogP contribution in [0.2, 0.25) is 0 Å². The lowest BCUT2D eigenvalue weighted by Gasteiger charge is -2.08.